The minimum atomic E-state index is -1.87. The highest BCUT2D eigenvalue weighted by molar-refractivity contribution is 6.74. The summed E-state index contributed by atoms with van der Waals surface area (Å²) in [6.45, 7) is 13.6. The molecule has 0 amide bonds. The third-order valence-electron chi connectivity index (χ3n) is 5.14. The largest absolute Gasteiger partial charge is 0.466 e. The molecule has 0 spiro atoms. The summed E-state index contributed by atoms with van der Waals surface area (Å²) in [7, 11) is -1.87. The number of allylic oxidation sites excluding steroid dienone is 1. The number of rotatable bonds is 5. The van der Waals surface area contributed by atoms with E-state index in [2.05, 4.69) is 58.2 Å². The highest BCUT2D eigenvalue weighted by Crippen LogP contribution is 2.43. The van der Waals surface area contributed by atoms with Gasteiger partial charge >= 0.3 is 5.97 Å². The molecule has 0 N–H and O–H groups in total. The Hall–Kier alpha value is -1.39. The van der Waals surface area contributed by atoms with Gasteiger partial charge in [0.25, 0.3) is 0 Å². The lowest BCUT2D eigenvalue weighted by molar-refractivity contribution is -0.143. The summed E-state index contributed by atoms with van der Waals surface area (Å²) < 4.78 is 11.7. The first kappa shape index (κ1) is 18.9. The standard InChI is InChI=1S/C20H30O3Si/c1-7-22-19(21)14-15-12-13-18(17-11-9-8-10-16(15)17)23-24(5,6)20(2,3)4/h8-13,15,18H,7,14H2,1-6H3/t15-,18+/m1/s1. The molecule has 0 bridgehead atoms. The number of carbonyl (C=O) groups is 1. The topological polar surface area (TPSA) is 35.5 Å². The van der Waals surface area contributed by atoms with Crippen molar-refractivity contribution in [1.82, 2.24) is 0 Å². The van der Waals surface area contributed by atoms with Crippen molar-refractivity contribution in [1.29, 1.82) is 0 Å². The lowest BCUT2D eigenvalue weighted by atomic mass is 9.84. The van der Waals surface area contributed by atoms with Crippen molar-refractivity contribution in [2.45, 2.75) is 64.3 Å². The maximum absolute atomic E-state index is 11.9. The smallest absolute Gasteiger partial charge is 0.306 e. The van der Waals surface area contributed by atoms with Crippen molar-refractivity contribution in [2.75, 3.05) is 6.61 Å². The van der Waals surface area contributed by atoms with Gasteiger partial charge in [0.2, 0.25) is 0 Å². The molecule has 0 saturated carbocycles. The molecule has 3 nitrogen and oxygen atoms in total. The van der Waals surface area contributed by atoms with Gasteiger partial charge in [0.15, 0.2) is 8.32 Å². The summed E-state index contributed by atoms with van der Waals surface area (Å²) in [5.74, 6) is -0.0785. The van der Waals surface area contributed by atoms with Crippen LogP contribution in [0, 0.1) is 0 Å². The fraction of sp³-hybridized carbons (Fsp3) is 0.550. The van der Waals surface area contributed by atoms with Gasteiger partial charge < -0.3 is 9.16 Å². The van der Waals surface area contributed by atoms with E-state index in [0.717, 1.165) is 0 Å². The molecule has 0 heterocycles. The molecular weight excluding hydrogens is 316 g/mol. The third kappa shape index (κ3) is 4.17. The molecule has 0 unspecified atom stereocenters. The van der Waals surface area contributed by atoms with E-state index < -0.39 is 8.32 Å². The first-order valence-corrected chi connectivity index (χ1v) is 11.7. The van der Waals surface area contributed by atoms with Crippen molar-refractivity contribution in [2.24, 2.45) is 0 Å². The summed E-state index contributed by atoms with van der Waals surface area (Å²) in [6, 6.07) is 8.29. The van der Waals surface area contributed by atoms with Crippen LogP contribution in [0.2, 0.25) is 18.1 Å². The van der Waals surface area contributed by atoms with Crippen LogP contribution >= 0.6 is 0 Å². The van der Waals surface area contributed by atoms with Crippen molar-refractivity contribution >= 4 is 14.3 Å². The second-order valence-electron chi connectivity index (χ2n) is 7.93. The van der Waals surface area contributed by atoms with E-state index in [-0.39, 0.29) is 23.0 Å². The number of esters is 1. The Labute approximate surface area is 147 Å². The fourth-order valence-electron chi connectivity index (χ4n) is 2.72. The minimum Gasteiger partial charge on any atom is -0.466 e. The summed E-state index contributed by atoms with van der Waals surface area (Å²) >= 11 is 0. The Morgan fingerprint density at radius 3 is 2.33 bits per heavy atom. The second kappa shape index (κ2) is 7.24. The summed E-state index contributed by atoms with van der Waals surface area (Å²) in [6.07, 6.45) is 4.58. The van der Waals surface area contributed by atoms with Crippen LogP contribution in [0.15, 0.2) is 36.4 Å². The van der Waals surface area contributed by atoms with Crippen LogP contribution in [0.5, 0.6) is 0 Å². The second-order valence-corrected chi connectivity index (χ2v) is 12.7. The number of hydrogen-bond donors (Lipinski definition) is 0. The Morgan fingerprint density at radius 1 is 1.12 bits per heavy atom. The SMILES string of the molecule is CCOC(=O)C[C@H]1C=C[C@H](O[Si](C)(C)C(C)(C)C)c2ccccc21. The van der Waals surface area contributed by atoms with Crippen LogP contribution in [0.1, 0.15) is 57.3 Å². The molecule has 0 radical (unpaired) electrons. The van der Waals surface area contributed by atoms with E-state index in [9.17, 15) is 4.79 Å². The average Bonchev–Trinajstić information content (AvgIpc) is 2.49. The minimum absolute atomic E-state index is 0.0273. The highest BCUT2D eigenvalue weighted by atomic mass is 28.4. The van der Waals surface area contributed by atoms with Gasteiger partial charge in [0.05, 0.1) is 19.1 Å². The highest BCUT2D eigenvalue weighted by Gasteiger charge is 2.40. The lowest BCUT2D eigenvalue weighted by Crippen LogP contribution is -2.42. The van der Waals surface area contributed by atoms with E-state index in [1.807, 2.05) is 19.1 Å². The maximum Gasteiger partial charge on any atom is 0.306 e. The van der Waals surface area contributed by atoms with Crippen LogP contribution < -0.4 is 0 Å². The van der Waals surface area contributed by atoms with Crippen LogP contribution in [-0.4, -0.2) is 20.9 Å². The third-order valence-corrected chi connectivity index (χ3v) is 9.60. The molecule has 24 heavy (non-hydrogen) atoms. The zero-order valence-electron chi connectivity index (χ0n) is 15.8. The Balaban J connectivity index is 2.25. The molecule has 4 heteroatoms. The van der Waals surface area contributed by atoms with E-state index >= 15 is 0 Å². The van der Waals surface area contributed by atoms with Gasteiger partial charge in [0, 0.05) is 5.92 Å². The zero-order valence-corrected chi connectivity index (χ0v) is 16.8. The predicted molar refractivity (Wildman–Crippen MR) is 101 cm³/mol. The Kier molecular flexibility index (Phi) is 5.71. The van der Waals surface area contributed by atoms with Gasteiger partial charge in [-0.05, 0) is 36.2 Å². The lowest BCUT2D eigenvalue weighted by Gasteiger charge is -2.40. The van der Waals surface area contributed by atoms with Gasteiger partial charge in [-0.3, -0.25) is 4.79 Å². The quantitative estimate of drug-likeness (QED) is 0.409. The number of benzene rings is 1. The first-order valence-electron chi connectivity index (χ1n) is 8.76. The monoisotopic (exact) mass is 346 g/mol. The normalized spacial score (nSPS) is 20.6. The zero-order chi connectivity index (χ0) is 18.0. The molecule has 1 aliphatic rings. The molecule has 1 aromatic rings. The molecule has 0 aliphatic heterocycles. The van der Waals surface area contributed by atoms with E-state index in [1.165, 1.54) is 11.1 Å². The van der Waals surface area contributed by atoms with Crippen molar-refractivity contribution < 1.29 is 14.0 Å². The van der Waals surface area contributed by atoms with Crippen LogP contribution in [0.25, 0.3) is 0 Å². The van der Waals surface area contributed by atoms with Gasteiger partial charge in [-0.15, -0.1) is 0 Å². The Bertz CT molecular complexity index is 614. The van der Waals surface area contributed by atoms with E-state index in [1.54, 1.807) is 0 Å². The fourth-order valence-corrected chi connectivity index (χ4v) is 3.92. The summed E-state index contributed by atoms with van der Waals surface area (Å²) in [4.78, 5) is 11.9. The number of ether oxygens (including phenoxy) is 1. The molecule has 132 valence electrons. The summed E-state index contributed by atoms with van der Waals surface area (Å²) in [5, 5.41) is 0.164. The number of carbonyl (C=O) groups excluding carboxylic acids is 1. The molecule has 1 aromatic carbocycles. The summed E-state index contributed by atoms with van der Waals surface area (Å²) in [5.41, 5.74) is 2.36. The molecule has 1 aliphatic carbocycles. The molecular formula is C20H30O3Si. The van der Waals surface area contributed by atoms with Crippen LogP contribution in [0.4, 0.5) is 0 Å². The maximum atomic E-state index is 11.9. The molecule has 0 aromatic heterocycles. The van der Waals surface area contributed by atoms with Crippen molar-refractivity contribution in [3.8, 4) is 0 Å². The van der Waals surface area contributed by atoms with Crippen molar-refractivity contribution in [3.63, 3.8) is 0 Å². The van der Waals surface area contributed by atoms with Gasteiger partial charge in [-0.1, -0.05) is 57.2 Å². The van der Waals surface area contributed by atoms with Gasteiger partial charge in [-0.25, -0.2) is 0 Å². The average molecular weight is 347 g/mol. The molecule has 2 atom stereocenters. The molecule has 0 fully saturated rings. The van der Waals surface area contributed by atoms with E-state index in [4.69, 9.17) is 9.16 Å². The molecule has 2 rings (SSSR count). The predicted octanol–water partition coefficient (Wildman–Crippen LogP) is 5.36. The Morgan fingerprint density at radius 2 is 1.75 bits per heavy atom. The van der Waals surface area contributed by atoms with Crippen LogP contribution in [-0.2, 0) is 14.0 Å². The van der Waals surface area contributed by atoms with E-state index in [0.29, 0.717) is 13.0 Å². The van der Waals surface area contributed by atoms with Crippen LogP contribution in [0.3, 0.4) is 0 Å². The van der Waals surface area contributed by atoms with Crippen molar-refractivity contribution in [3.05, 3.63) is 47.5 Å². The number of fused-ring (bicyclic) bond motifs is 1. The molecule has 0 saturated heterocycles. The first-order chi connectivity index (χ1) is 11.2. The van der Waals surface area contributed by atoms with Gasteiger partial charge in [0.1, 0.15) is 0 Å². The van der Waals surface area contributed by atoms with Gasteiger partial charge in [-0.2, -0.15) is 0 Å². The number of hydrogen-bond acceptors (Lipinski definition) is 3.